The van der Waals surface area contributed by atoms with Crippen LogP contribution in [0.5, 0.6) is 5.75 Å². The van der Waals surface area contributed by atoms with Gasteiger partial charge in [-0.05, 0) is 48.6 Å². The van der Waals surface area contributed by atoms with Crippen LogP contribution >= 0.6 is 24.0 Å². The van der Waals surface area contributed by atoms with Crippen LogP contribution < -0.4 is 15.4 Å². The van der Waals surface area contributed by atoms with Crippen LogP contribution in [-0.4, -0.2) is 33.2 Å². The number of halogens is 2. The van der Waals surface area contributed by atoms with Crippen molar-refractivity contribution in [3.63, 3.8) is 0 Å². The highest BCUT2D eigenvalue weighted by atomic mass is 127. The maximum Gasteiger partial charge on any atom is 0.191 e. The molecule has 1 aliphatic carbocycles. The SMILES string of the molecule is CN=C(NCCc1ccccc1OC)NCC1(c2ccc(F)cc2)CC1.I. The molecule has 0 unspecified atom stereocenters. The number of ether oxygens (including phenoxy) is 1. The zero-order valence-electron chi connectivity index (χ0n) is 15.8. The highest BCUT2D eigenvalue weighted by Crippen LogP contribution is 2.47. The van der Waals surface area contributed by atoms with E-state index in [0.717, 1.165) is 44.1 Å². The highest BCUT2D eigenvalue weighted by molar-refractivity contribution is 14.0. The van der Waals surface area contributed by atoms with Crippen molar-refractivity contribution in [1.29, 1.82) is 0 Å². The van der Waals surface area contributed by atoms with E-state index >= 15 is 0 Å². The Morgan fingerprint density at radius 3 is 2.44 bits per heavy atom. The third kappa shape index (κ3) is 5.57. The molecule has 2 aromatic rings. The fourth-order valence-electron chi connectivity index (χ4n) is 3.22. The fourth-order valence-corrected chi connectivity index (χ4v) is 3.22. The molecule has 2 aromatic carbocycles. The van der Waals surface area contributed by atoms with Crippen molar-refractivity contribution in [2.24, 2.45) is 4.99 Å². The molecule has 0 aliphatic heterocycles. The van der Waals surface area contributed by atoms with Crippen molar-refractivity contribution in [1.82, 2.24) is 10.6 Å². The smallest absolute Gasteiger partial charge is 0.191 e. The number of nitrogens with zero attached hydrogens (tertiary/aromatic N) is 1. The molecule has 0 amide bonds. The van der Waals surface area contributed by atoms with Crippen molar-refractivity contribution in [3.8, 4) is 5.75 Å². The number of aliphatic imine (C=N–C) groups is 1. The topological polar surface area (TPSA) is 45.7 Å². The van der Waals surface area contributed by atoms with Gasteiger partial charge in [0.25, 0.3) is 0 Å². The van der Waals surface area contributed by atoms with Crippen LogP contribution in [0.2, 0.25) is 0 Å². The Morgan fingerprint density at radius 1 is 1.11 bits per heavy atom. The lowest BCUT2D eigenvalue weighted by atomic mass is 9.96. The first-order valence-electron chi connectivity index (χ1n) is 8.99. The van der Waals surface area contributed by atoms with Crippen molar-refractivity contribution >= 4 is 29.9 Å². The van der Waals surface area contributed by atoms with Gasteiger partial charge in [0.15, 0.2) is 5.96 Å². The minimum absolute atomic E-state index is 0. The predicted octanol–water partition coefficient (Wildman–Crippen LogP) is 3.89. The minimum Gasteiger partial charge on any atom is -0.496 e. The lowest BCUT2D eigenvalue weighted by Gasteiger charge is -2.19. The van der Waals surface area contributed by atoms with Gasteiger partial charge in [0, 0.05) is 25.6 Å². The average Bonchev–Trinajstić information content (AvgIpc) is 3.46. The van der Waals surface area contributed by atoms with E-state index in [4.69, 9.17) is 4.74 Å². The molecule has 0 saturated heterocycles. The average molecular weight is 483 g/mol. The zero-order valence-corrected chi connectivity index (χ0v) is 18.1. The van der Waals surface area contributed by atoms with Crippen LogP contribution in [0, 0.1) is 5.82 Å². The van der Waals surface area contributed by atoms with Crippen molar-refractivity contribution < 1.29 is 9.13 Å². The van der Waals surface area contributed by atoms with Gasteiger partial charge < -0.3 is 15.4 Å². The lowest BCUT2D eigenvalue weighted by molar-refractivity contribution is 0.409. The van der Waals surface area contributed by atoms with Crippen molar-refractivity contribution in [3.05, 3.63) is 65.5 Å². The minimum atomic E-state index is -0.189. The first-order valence-corrected chi connectivity index (χ1v) is 8.99. The molecule has 4 nitrogen and oxygen atoms in total. The molecule has 0 aromatic heterocycles. The zero-order chi connectivity index (χ0) is 18.4. The number of guanidine groups is 1. The van der Waals surface area contributed by atoms with Gasteiger partial charge in [0.1, 0.15) is 11.6 Å². The molecule has 1 fully saturated rings. The van der Waals surface area contributed by atoms with Crippen LogP contribution in [0.3, 0.4) is 0 Å². The first-order chi connectivity index (χ1) is 12.7. The molecule has 0 heterocycles. The number of rotatable bonds is 7. The summed E-state index contributed by atoms with van der Waals surface area (Å²) >= 11 is 0. The Morgan fingerprint density at radius 2 is 1.81 bits per heavy atom. The van der Waals surface area contributed by atoms with E-state index in [-0.39, 0.29) is 35.2 Å². The van der Waals surface area contributed by atoms with Crippen molar-refractivity contribution in [2.75, 3.05) is 27.2 Å². The Balaban J connectivity index is 0.00000261. The van der Waals surface area contributed by atoms with Crippen molar-refractivity contribution in [2.45, 2.75) is 24.7 Å². The predicted molar refractivity (Wildman–Crippen MR) is 119 cm³/mol. The number of hydrogen-bond acceptors (Lipinski definition) is 2. The van der Waals surface area contributed by atoms with Crippen LogP contribution in [-0.2, 0) is 11.8 Å². The number of methoxy groups -OCH3 is 1. The Kier molecular flexibility index (Phi) is 7.89. The van der Waals surface area contributed by atoms with E-state index in [1.807, 2.05) is 30.3 Å². The fraction of sp³-hybridized carbons (Fsp3) is 0.381. The molecule has 0 spiro atoms. The summed E-state index contributed by atoms with van der Waals surface area (Å²) in [4.78, 5) is 4.30. The number of para-hydroxylation sites is 1. The van der Waals surface area contributed by atoms with Crippen LogP contribution in [0.25, 0.3) is 0 Å². The third-order valence-electron chi connectivity index (χ3n) is 5.01. The second kappa shape index (κ2) is 9.92. The van der Waals surface area contributed by atoms with Gasteiger partial charge in [-0.1, -0.05) is 30.3 Å². The third-order valence-corrected chi connectivity index (χ3v) is 5.01. The van der Waals surface area contributed by atoms with Gasteiger partial charge in [-0.3, -0.25) is 4.99 Å². The van der Waals surface area contributed by atoms with Gasteiger partial charge in [0.05, 0.1) is 7.11 Å². The molecule has 3 rings (SSSR count). The largest absolute Gasteiger partial charge is 0.496 e. The second-order valence-electron chi connectivity index (χ2n) is 6.70. The lowest BCUT2D eigenvalue weighted by Crippen LogP contribution is -2.42. The van der Waals surface area contributed by atoms with Crippen LogP contribution in [0.15, 0.2) is 53.5 Å². The standard InChI is InChI=1S/C21H26FN3O.HI/c1-23-20(24-14-11-16-5-3-4-6-19(16)26-2)25-15-21(12-13-21)17-7-9-18(22)10-8-17;/h3-10H,11-15H2,1-2H3,(H2,23,24,25);1H. The van der Waals surface area contributed by atoms with E-state index < -0.39 is 0 Å². The monoisotopic (exact) mass is 483 g/mol. The van der Waals surface area contributed by atoms with Gasteiger partial charge in [0.2, 0.25) is 0 Å². The van der Waals surface area contributed by atoms with E-state index in [1.54, 1.807) is 14.2 Å². The molecule has 6 heteroatoms. The molecule has 1 saturated carbocycles. The molecule has 0 bridgehead atoms. The molecular formula is C21H27FIN3O. The Bertz CT molecular complexity index is 760. The first kappa shape index (κ1) is 21.5. The summed E-state index contributed by atoms with van der Waals surface area (Å²) in [5.41, 5.74) is 2.47. The normalized spacial score (nSPS) is 14.9. The molecule has 0 atom stereocenters. The highest BCUT2D eigenvalue weighted by Gasteiger charge is 2.44. The van der Waals surface area contributed by atoms with Crippen LogP contribution in [0.4, 0.5) is 4.39 Å². The van der Waals surface area contributed by atoms with Gasteiger partial charge in [-0.2, -0.15) is 0 Å². The van der Waals surface area contributed by atoms with E-state index in [2.05, 4.69) is 21.7 Å². The van der Waals surface area contributed by atoms with E-state index in [0.29, 0.717) is 0 Å². The summed E-state index contributed by atoms with van der Waals surface area (Å²) in [5.74, 6) is 1.50. The van der Waals surface area contributed by atoms with E-state index in [1.165, 1.54) is 23.3 Å². The molecule has 146 valence electrons. The van der Waals surface area contributed by atoms with Gasteiger partial charge in [-0.15, -0.1) is 24.0 Å². The number of benzene rings is 2. The summed E-state index contributed by atoms with van der Waals surface area (Å²) in [6.45, 7) is 1.57. The maximum absolute atomic E-state index is 13.1. The Hall–Kier alpha value is -1.83. The molecule has 1 aliphatic rings. The number of hydrogen-bond donors (Lipinski definition) is 2. The molecular weight excluding hydrogens is 456 g/mol. The Labute approximate surface area is 177 Å². The molecule has 2 N–H and O–H groups in total. The second-order valence-corrected chi connectivity index (χ2v) is 6.70. The van der Waals surface area contributed by atoms with E-state index in [9.17, 15) is 4.39 Å². The molecule has 0 radical (unpaired) electrons. The summed E-state index contributed by atoms with van der Waals surface area (Å²) in [5, 5.41) is 6.77. The van der Waals surface area contributed by atoms with Crippen LogP contribution in [0.1, 0.15) is 24.0 Å². The summed E-state index contributed by atoms with van der Waals surface area (Å²) in [6, 6.07) is 14.9. The number of nitrogens with one attached hydrogen (secondary N) is 2. The van der Waals surface area contributed by atoms with Gasteiger partial charge >= 0.3 is 0 Å². The van der Waals surface area contributed by atoms with Gasteiger partial charge in [-0.25, -0.2) is 4.39 Å². The quantitative estimate of drug-likeness (QED) is 0.357. The summed E-state index contributed by atoms with van der Waals surface area (Å²) in [7, 11) is 3.47. The summed E-state index contributed by atoms with van der Waals surface area (Å²) in [6.07, 6.45) is 3.08. The molecule has 27 heavy (non-hydrogen) atoms. The maximum atomic E-state index is 13.1. The summed E-state index contributed by atoms with van der Waals surface area (Å²) < 4.78 is 18.5.